The number of benzene rings is 8. The average molecular weight is 665 g/mol. The maximum atomic E-state index is 6.49. The third kappa shape index (κ3) is 5.10. The summed E-state index contributed by atoms with van der Waals surface area (Å²) in [7, 11) is 0. The lowest BCUT2D eigenvalue weighted by Crippen LogP contribution is -2.11. The van der Waals surface area contributed by atoms with Crippen molar-refractivity contribution in [3.8, 4) is 33.4 Å². The van der Waals surface area contributed by atoms with Crippen molar-refractivity contribution in [3.05, 3.63) is 194 Å². The number of anilines is 3. The van der Waals surface area contributed by atoms with E-state index in [0.29, 0.717) is 0 Å². The number of nitrogens with zero attached hydrogens (tertiary/aromatic N) is 2. The van der Waals surface area contributed by atoms with Crippen molar-refractivity contribution < 1.29 is 4.42 Å². The second-order valence-corrected chi connectivity index (χ2v) is 13.2. The molecule has 0 aliphatic rings. The number of pyridine rings is 1. The molecule has 244 valence electrons. The molecule has 0 N–H and O–H groups in total. The second-order valence-electron chi connectivity index (χ2n) is 13.2. The molecule has 0 bridgehead atoms. The molecule has 10 rings (SSSR count). The Labute approximate surface area is 301 Å². The highest BCUT2D eigenvalue weighted by Gasteiger charge is 2.22. The third-order valence-electron chi connectivity index (χ3n) is 10.1. The van der Waals surface area contributed by atoms with E-state index in [1.807, 2.05) is 24.4 Å². The average Bonchev–Trinajstić information content (AvgIpc) is 3.60. The van der Waals surface area contributed by atoms with Gasteiger partial charge in [-0.3, -0.25) is 4.98 Å². The van der Waals surface area contributed by atoms with Gasteiger partial charge < -0.3 is 9.32 Å². The summed E-state index contributed by atoms with van der Waals surface area (Å²) in [5.41, 5.74) is 12.7. The van der Waals surface area contributed by atoms with E-state index in [0.717, 1.165) is 66.6 Å². The summed E-state index contributed by atoms with van der Waals surface area (Å²) >= 11 is 0. The molecule has 0 fully saturated rings. The first-order valence-corrected chi connectivity index (χ1v) is 17.6. The zero-order chi connectivity index (χ0) is 34.4. The zero-order valence-electron chi connectivity index (χ0n) is 28.3. The van der Waals surface area contributed by atoms with E-state index in [-0.39, 0.29) is 0 Å². The highest BCUT2D eigenvalue weighted by molar-refractivity contribution is 6.18. The number of para-hydroxylation sites is 1. The van der Waals surface area contributed by atoms with Crippen molar-refractivity contribution in [1.29, 1.82) is 0 Å². The summed E-state index contributed by atoms with van der Waals surface area (Å²) < 4.78 is 6.49. The third-order valence-corrected chi connectivity index (χ3v) is 10.1. The lowest BCUT2D eigenvalue weighted by molar-refractivity contribution is 0.672. The summed E-state index contributed by atoms with van der Waals surface area (Å²) in [5, 5.41) is 5.58. The standard InChI is InChI=1S/C49H32N2O/c1-2-12-33(13-3-1)34-25-27-35(28-26-34)37-16-8-18-39(30-37)51(40-19-9-17-38(31-40)42-22-10-15-36-14-4-5-20-41(36)42)46-32-45-43-21-6-7-24-47(43)52-49(45)44-23-11-29-50-48(44)46/h1-32H. The molecule has 0 aliphatic heterocycles. The van der Waals surface area contributed by atoms with E-state index in [2.05, 4.69) is 175 Å². The molecule has 2 aromatic heterocycles. The summed E-state index contributed by atoms with van der Waals surface area (Å²) in [6.45, 7) is 0. The van der Waals surface area contributed by atoms with Crippen LogP contribution in [0.25, 0.3) is 77.0 Å². The van der Waals surface area contributed by atoms with Gasteiger partial charge in [0.15, 0.2) is 0 Å². The Morgan fingerprint density at radius 2 is 1.00 bits per heavy atom. The fraction of sp³-hybridized carbons (Fsp3) is 0. The Morgan fingerprint density at radius 1 is 0.404 bits per heavy atom. The van der Waals surface area contributed by atoms with Gasteiger partial charge in [0.25, 0.3) is 0 Å². The van der Waals surface area contributed by atoms with Gasteiger partial charge in [0.1, 0.15) is 11.2 Å². The maximum absolute atomic E-state index is 6.49. The van der Waals surface area contributed by atoms with E-state index in [1.54, 1.807) is 0 Å². The van der Waals surface area contributed by atoms with E-state index in [4.69, 9.17) is 9.40 Å². The molecule has 10 aromatic rings. The van der Waals surface area contributed by atoms with E-state index in [9.17, 15) is 0 Å². The zero-order valence-corrected chi connectivity index (χ0v) is 28.3. The van der Waals surface area contributed by atoms with Crippen molar-refractivity contribution in [2.45, 2.75) is 0 Å². The van der Waals surface area contributed by atoms with Crippen LogP contribution in [0.4, 0.5) is 17.1 Å². The first-order chi connectivity index (χ1) is 25.8. The first kappa shape index (κ1) is 29.9. The molecule has 0 saturated carbocycles. The van der Waals surface area contributed by atoms with Gasteiger partial charge in [-0.15, -0.1) is 0 Å². The lowest BCUT2D eigenvalue weighted by Gasteiger charge is -2.27. The minimum atomic E-state index is 0.852. The van der Waals surface area contributed by atoms with Gasteiger partial charge >= 0.3 is 0 Å². The first-order valence-electron chi connectivity index (χ1n) is 17.6. The minimum Gasteiger partial charge on any atom is -0.455 e. The monoisotopic (exact) mass is 664 g/mol. The molecule has 3 heteroatoms. The lowest BCUT2D eigenvalue weighted by atomic mass is 9.97. The highest BCUT2D eigenvalue weighted by atomic mass is 16.3. The Morgan fingerprint density at radius 3 is 1.83 bits per heavy atom. The van der Waals surface area contributed by atoms with E-state index >= 15 is 0 Å². The van der Waals surface area contributed by atoms with Crippen LogP contribution in [0, 0.1) is 0 Å². The Bertz CT molecular complexity index is 2900. The number of furan rings is 1. The molecule has 0 spiro atoms. The van der Waals surface area contributed by atoms with Crippen molar-refractivity contribution in [1.82, 2.24) is 4.98 Å². The molecule has 0 saturated heterocycles. The topological polar surface area (TPSA) is 29.3 Å². The second kappa shape index (κ2) is 12.4. The SMILES string of the molecule is c1ccc(-c2ccc(-c3cccc(N(c4cccc(-c5cccc6ccccc56)c4)c4cc5c6ccccc6oc5c5cccnc45)c3)cc2)cc1. The molecule has 3 nitrogen and oxygen atoms in total. The molecule has 2 heterocycles. The van der Waals surface area contributed by atoms with Crippen LogP contribution in [-0.2, 0) is 0 Å². The number of hydrogen-bond acceptors (Lipinski definition) is 3. The largest absolute Gasteiger partial charge is 0.455 e. The summed E-state index contributed by atoms with van der Waals surface area (Å²) in [6, 6.07) is 66.8. The molecule has 8 aromatic carbocycles. The van der Waals surface area contributed by atoms with Crippen molar-refractivity contribution in [2.75, 3.05) is 4.90 Å². The number of aromatic nitrogens is 1. The van der Waals surface area contributed by atoms with Crippen molar-refractivity contribution in [3.63, 3.8) is 0 Å². The van der Waals surface area contributed by atoms with Gasteiger partial charge in [-0.05, 0) is 92.7 Å². The van der Waals surface area contributed by atoms with Crippen LogP contribution < -0.4 is 4.90 Å². The van der Waals surface area contributed by atoms with Gasteiger partial charge in [0.2, 0.25) is 0 Å². The maximum Gasteiger partial charge on any atom is 0.144 e. The van der Waals surface area contributed by atoms with Crippen LogP contribution in [0.3, 0.4) is 0 Å². The predicted molar refractivity (Wildman–Crippen MR) is 218 cm³/mol. The molecular formula is C49H32N2O. The highest BCUT2D eigenvalue weighted by Crippen LogP contribution is 2.45. The van der Waals surface area contributed by atoms with Crippen molar-refractivity contribution >= 4 is 60.7 Å². The molecular weight excluding hydrogens is 633 g/mol. The molecule has 0 atom stereocenters. The van der Waals surface area contributed by atoms with Gasteiger partial charge in [-0.25, -0.2) is 0 Å². The molecule has 52 heavy (non-hydrogen) atoms. The Kier molecular flexibility index (Phi) is 7.14. The number of fused-ring (bicyclic) bond motifs is 6. The summed E-state index contributed by atoms with van der Waals surface area (Å²) in [6.07, 6.45) is 1.87. The van der Waals surface area contributed by atoms with Gasteiger partial charge in [0.05, 0.1) is 11.2 Å². The van der Waals surface area contributed by atoms with Crippen LogP contribution in [0.5, 0.6) is 0 Å². The molecule has 0 aliphatic carbocycles. The summed E-state index contributed by atoms with van der Waals surface area (Å²) in [4.78, 5) is 7.37. The molecule has 0 amide bonds. The normalized spacial score (nSPS) is 11.5. The van der Waals surface area contributed by atoms with Gasteiger partial charge in [0, 0.05) is 33.7 Å². The number of rotatable bonds is 6. The molecule has 0 unspecified atom stereocenters. The van der Waals surface area contributed by atoms with Gasteiger partial charge in [-0.1, -0.05) is 140 Å². The van der Waals surface area contributed by atoms with Crippen LogP contribution >= 0.6 is 0 Å². The predicted octanol–water partition coefficient (Wildman–Crippen LogP) is 13.8. The fourth-order valence-corrected chi connectivity index (χ4v) is 7.60. The van der Waals surface area contributed by atoms with Crippen LogP contribution in [-0.4, -0.2) is 4.98 Å². The molecule has 0 radical (unpaired) electrons. The van der Waals surface area contributed by atoms with Gasteiger partial charge in [-0.2, -0.15) is 0 Å². The Balaban J connectivity index is 1.19. The van der Waals surface area contributed by atoms with Crippen molar-refractivity contribution in [2.24, 2.45) is 0 Å². The number of hydrogen-bond donors (Lipinski definition) is 0. The Hall–Kier alpha value is -6.97. The quantitative estimate of drug-likeness (QED) is 0.177. The smallest absolute Gasteiger partial charge is 0.144 e. The fourth-order valence-electron chi connectivity index (χ4n) is 7.60. The summed E-state index contributed by atoms with van der Waals surface area (Å²) in [5.74, 6) is 0. The van der Waals surface area contributed by atoms with Crippen LogP contribution in [0.15, 0.2) is 199 Å². The van der Waals surface area contributed by atoms with Crippen LogP contribution in [0.2, 0.25) is 0 Å². The van der Waals surface area contributed by atoms with E-state index < -0.39 is 0 Å². The van der Waals surface area contributed by atoms with Crippen LogP contribution in [0.1, 0.15) is 0 Å². The van der Waals surface area contributed by atoms with E-state index in [1.165, 1.54) is 27.5 Å². The minimum absolute atomic E-state index is 0.852.